The van der Waals surface area contributed by atoms with Gasteiger partial charge in [0.2, 0.25) is 0 Å². The summed E-state index contributed by atoms with van der Waals surface area (Å²) in [5, 5.41) is 13.1. The Hall–Kier alpha value is -3.07. The lowest BCUT2D eigenvalue weighted by atomic mass is 10.1. The minimum absolute atomic E-state index is 0.184. The van der Waals surface area contributed by atoms with E-state index in [1.165, 1.54) is 17.2 Å². The Morgan fingerprint density at radius 2 is 2.15 bits per heavy atom. The fourth-order valence-corrected chi connectivity index (χ4v) is 1.84. The van der Waals surface area contributed by atoms with Crippen molar-refractivity contribution in [3.05, 3.63) is 64.5 Å². The molecule has 0 N–H and O–H groups in total. The molecule has 0 radical (unpaired) electrons. The zero-order chi connectivity index (χ0) is 13.9. The van der Waals surface area contributed by atoms with Gasteiger partial charge in [0.25, 0.3) is 5.89 Å². The molecule has 0 fully saturated rings. The second-order valence-electron chi connectivity index (χ2n) is 4.11. The molecule has 20 heavy (non-hydrogen) atoms. The zero-order valence-electron chi connectivity index (χ0n) is 10.3. The van der Waals surface area contributed by atoms with Gasteiger partial charge in [-0.2, -0.15) is 9.94 Å². The maximum absolute atomic E-state index is 11.8. The average molecular weight is 267 g/mol. The highest BCUT2D eigenvalue weighted by atomic mass is 16.4. The molecule has 0 bridgehead atoms. The molecule has 2 heterocycles. The second-order valence-corrected chi connectivity index (χ2v) is 4.11. The van der Waals surface area contributed by atoms with E-state index in [4.69, 9.17) is 14.1 Å². The number of nitriles is 1. The van der Waals surface area contributed by atoms with Gasteiger partial charge >= 0.3 is 5.76 Å². The van der Waals surface area contributed by atoms with E-state index in [1.807, 2.05) is 0 Å². The number of furan rings is 1. The molecule has 2 aromatic heterocycles. The number of nitrogens with zero attached hydrogens (tertiary/aromatic N) is 3. The van der Waals surface area contributed by atoms with Crippen molar-refractivity contribution >= 4 is 0 Å². The first kappa shape index (κ1) is 12.0. The fraction of sp³-hybridized carbons (Fsp3) is 0.0714. The maximum Gasteiger partial charge on any atom is 0.437 e. The Morgan fingerprint density at radius 3 is 2.90 bits per heavy atom. The fourth-order valence-electron chi connectivity index (χ4n) is 1.84. The van der Waals surface area contributed by atoms with Crippen LogP contribution in [0.4, 0.5) is 0 Å². The lowest BCUT2D eigenvalue weighted by Crippen LogP contribution is -2.17. The van der Waals surface area contributed by atoms with Crippen LogP contribution in [0.5, 0.6) is 0 Å². The Bertz CT molecular complexity index is 822. The molecule has 0 aliphatic rings. The van der Waals surface area contributed by atoms with E-state index < -0.39 is 5.76 Å². The molecule has 1 aromatic carbocycles. The summed E-state index contributed by atoms with van der Waals surface area (Å²) >= 11 is 0. The van der Waals surface area contributed by atoms with Crippen LogP contribution in [0, 0.1) is 11.3 Å². The Balaban J connectivity index is 1.96. The summed E-state index contributed by atoms with van der Waals surface area (Å²) in [6.07, 6.45) is 2.91. The van der Waals surface area contributed by atoms with Crippen LogP contribution >= 0.6 is 0 Å². The van der Waals surface area contributed by atoms with Crippen molar-refractivity contribution in [3.63, 3.8) is 0 Å². The molecule has 0 aliphatic heterocycles. The molecule has 3 aromatic rings. The third kappa shape index (κ3) is 2.12. The van der Waals surface area contributed by atoms with Crippen LogP contribution in [-0.2, 0) is 6.54 Å². The summed E-state index contributed by atoms with van der Waals surface area (Å²) in [5.41, 5.74) is 1.81. The van der Waals surface area contributed by atoms with E-state index in [9.17, 15) is 4.79 Å². The molecule has 0 unspecified atom stereocenters. The zero-order valence-corrected chi connectivity index (χ0v) is 10.3. The smallest absolute Gasteiger partial charge is 0.437 e. The molecule has 0 spiro atoms. The van der Waals surface area contributed by atoms with Crippen LogP contribution in [-0.4, -0.2) is 9.78 Å². The van der Waals surface area contributed by atoms with Crippen molar-refractivity contribution < 1.29 is 8.83 Å². The van der Waals surface area contributed by atoms with Gasteiger partial charge in [-0.05, 0) is 17.7 Å². The first-order valence-corrected chi connectivity index (χ1v) is 5.86. The molecule has 0 saturated heterocycles. The molecule has 0 amide bonds. The highest BCUT2D eigenvalue weighted by Crippen LogP contribution is 2.16. The predicted molar refractivity (Wildman–Crippen MR) is 68.7 cm³/mol. The van der Waals surface area contributed by atoms with Crippen molar-refractivity contribution in [2.75, 3.05) is 0 Å². The number of rotatable bonds is 3. The SMILES string of the molecule is N#Cc1ccccc1Cn1nc(-c2ccoc2)oc1=O. The van der Waals surface area contributed by atoms with E-state index in [1.54, 1.807) is 30.3 Å². The highest BCUT2D eigenvalue weighted by Gasteiger charge is 2.12. The highest BCUT2D eigenvalue weighted by molar-refractivity contribution is 5.49. The molecule has 3 rings (SSSR count). The van der Waals surface area contributed by atoms with E-state index in [2.05, 4.69) is 11.2 Å². The Labute approximate surface area is 113 Å². The molecule has 98 valence electrons. The third-order valence-corrected chi connectivity index (χ3v) is 2.83. The van der Waals surface area contributed by atoms with Crippen molar-refractivity contribution in [2.45, 2.75) is 6.54 Å². The normalized spacial score (nSPS) is 10.3. The van der Waals surface area contributed by atoms with Gasteiger partial charge < -0.3 is 8.83 Å². The molecular formula is C14H9N3O3. The molecule has 6 heteroatoms. The monoisotopic (exact) mass is 267 g/mol. The van der Waals surface area contributed by atoms with Gasteiger partial charge in [0.15, 0.2) is 0 Å². The largest absolute Gasteiger partial charge is 0.472 e. The van der Waals surface area contributed by atoms with Crippen LogP contribution in [0.3, 0.4) is 0 Å². The van der Waals surface area contributed by atoms with Crippen LogP contribution in [0.25, 0.3) is 11.5 Å². The van der Waals surface area contributed by atoms with Crippen LogP contribution < -0.4 is 5.76 Å². The van der Waals surface area contributed by atoms with E-state index in [0.29, 0.717) is 16.7 Å². The van der Waals surface area contributed by atoms with Gasteiger partial charge in [0.1, 0.15) is 6.26 Å². The topological polar surface area (TPSA) is 85.0 Å². The van der Waals surface area contributed by atoms with Gasteiger partial charge in [0.05, 0.1) is 30.0 Å². The summed E-state index contributed by atoms with van der Waals surface area (Å²) in [6, 6.07) is 10.8. The quantitative estimate of drug-likeness (QED) is 0.724. The number of hydrogen-bond acceptors (Lipinski definition) is 5. The minimum Gasteiger partial charge on any atom is -0.472 e. The maximum atomic E-state index is 11.8. The summed E-state index contributed by atoms with van der Waals surface area (Å²) in [6.45, 7) is 0.184. The Kier molecular flexibility index (Phi) is 2.94. The first-order chi connectivity index (χ1) is 9.78. The van der Waals surface area contributed by atoms with Crippen molar-refractivity contribution in [1.29, 1.82) is 5.26 Å². The van der Waals surface area contributed by atoms with Gasteiger partial charge in [-0.25, -0.2) is 4.79 Å². The summed E-state index contributed by atoms with van der Waals surface area (Å²) < 4.78 is 11.2. The van der Waals surface area contributed by atoms with Crippen molar-refractivity contribution in [2.24, 2.45) is 0 Å². The summed E-state index contributed by atoms with van der Waals surface area (Å²) in [7, 11) is 0. The van der Waals surface area contributed by atoms with Gasteiger partial charge in [-0.3, -0.25) is 0 Å². The summed E-state index contributed by atoms with van der Waals surface area (Å²) in [4.78, 5) is 11.8. The van der Waals surface area contributed by atoms with Gasteiger partial charge in [0, 0.05) is 0 Å². The number of benzene rings is 1. The predicted octanol–water partition coefficient (Wildman–Crippen LogP) is 2.02. The lowest BCUT2D eigenvalue weighted by Gasteiger charge is -2.01. The van der Waals surface area contributed by atoms with E-state index in [-0.39, 0.29) is 12.4 Å². The lowest BCUT2D eigenvalue weighted by molar-refractivity contribution is 0.494. The van der Waals surface area contributed by atoms with Crippen LogP contribution in [0.2, 0.25) is 0 Å². The van der Waals surface area contributed by atoms with Crippen LogP contribution in [0.1, 0.15) is 11.1 Å². The van der Waals surface area contributed by atoms with Crippen molar-refractivity contribution in [1.82, 2.24) is 9.78 Å². The average Bonchev–Trinajstić information content (AvgIpc) is 3.10. The summed E-state index contributed by atoms with van der Waals surface area (Å²) in [5.74, 6) is -0.382. The number of aromatic nitrogens is 2. The minimum atomic E-state index is -0.575. The van der Waals surface area contributed by atoms with E-state index in [0.717, 1.165) is 0 Å². The standard InChI is InChI=1S/C14H9N3O3/c15-7-10-3-1-2-4-11(10)8-17-14(18)20-13(16-17)12-5-6-19-9-12/h1-6,9H,8H2. The first-order valence-electron chi connectivity index (χ1n) is 5.86. The molecule has 0 aliphatic carbocycles. The second kappa shape index (κ2) is 4.90. The number of hydrogen-bond donors (Lipinski definition) is 0. The Morgan fingerprint density at radius 1 is 1.30 bits per heavy atom. The van der Waals surface area contributed by atoms with Gasteiger partial charge in [-0.15, -0.1) is 5.10 Å². The van der Waals surface area contributed by atoms with Gasteiger partial charge in [-0.1, -0.05) is 18.2 Å². The van der Waals surface area contributed by atoms with Crippen LogP contribution in [0.15, 0.2) is 56.5 Å². The molecular weight excluding hydrogens is 258 g/mol. The molecule has 0 atom stereocenters. The third-order valence-electron chi connectivity index (χ3n) is 2.83. The molecule has 6 nitrogen and oxygen atoms in total. The molecule has 0 saturated carbocycles. The van der Waals surface area contributed by atoms with Crippen molar-refractivity contribution in [3.8, 4) is 17.5 Å². The van der Waals surface area contributed by atoms with E-state index >= 15 is 0 Å².